The van der Waals surface area contributed by atoms with E-state index in [2.05, 4.69) is 6.58 Å². The van der Waals surface area contributed by atoms with E-state index in [4.69, 9.17) is 15.9 Å². The lowest BCUT2D eigenvalue weighted by molar-refractivity contribution is -0.128. The van der Waals surface area contributed by atoms with Crippen LogP contribution in [0.1, 0.15) is 0 Å². The van der Waals surface area contributed by atoms with E-state index in [1.165, 1.54) is 0 Å². The molecule has 0 radical (unpaired) electrons. The summed E-state index contributed by atoms with van der Waals surface area (Å²) in [6.45, 7) is 1.78. The second-order valence-electron chi connectivity index (χ2n) is 2.56. The highest BCUT2D eigenvalue weighted by Crippen LogP contribution is 2.07. The van der Waals surface area contributed by atoms with E-state index in [0.29, 0.717) is 0 Å². The highest BCUT2D eigenvalue weighted by Gasteiger charge is 2.36. The van der Waals surface area contributed by atoms with Crippen molar-refractivity contribution in [3.63, 3.8) is 0 Å². The summed E-state index contributed by atoms with van der Waals surface area (Å²) in [5, 5.41) is 26.5. The van der Waals surface area contributed by atoms with E-state index in [1.807, 2.05) is 0 Å². The second kappa shape index (κ2) is 4.32. The predicted octanol–water partition coefficient (Wildman–Crippen LogP) is -2.22. The van der Waals surface area contributed by atoms with Crippen LogP contribution in [-0.2, 0) is 4.79 Å². The number of aliphatic hydroxyl groups excluding tert-OH is 3. The minimum Gasteiger partial charge on any atom is -0.394 e. The van der Waals surface area contributed by atoms with Crippen LogP contribution in [0.2, 0.25) is 0 Å². The third kappa shape index (κ3) is 2.12. The Kier molecular flexibility index (Phi) is 4.05. The van der Waals surface area contributed by atoms with Crippen molar-refractivity contribution in [1.82, 2.24) is 0 Å². The fourth-order valence-electron chi connectivity index (χ4n) is 0.618. The summed E-state index contributed by atoms with van der Waals surface area (Å²) < 4.78 is 0. The zero-order chi connectivity index (χ0) is 9.78. The molecule has 0 fully saturated rings. The van der Waals surface area contributed by atoms with E-state index in [9.17, 15) is 9.90 Å². The van der Waals surface area contributed by atoms with Gasteiger partial charge in [-0.3, -0.25) is 4.79 Å². The van der Waals surface area contributed by atoms with E-state index >= 15 is 0 Å². The molecule has 12 heavy (non-hydrogen) atoms. The van der Waals surface area contributed by atoms with Crippen molar-refractivity contribution in [1.29, 1.82) is 0 Å². The van der Waals surface area contributed by atoms with Gasteiger partial charge in [0.05, 0.1) is 18.8 Å². The molecule has 0 aliphatic carbocycles. The van der Waals surface area contributed by atoms with Crippen molar-refractivity contribution in [2.45, 2.75) is 11.6 Å². The molecule has 0 aliphatic heterocycles. The topological polar surface area (TPSA) is 104 Å². The Hall–Kier alpha value is -0.750. The van der Waals surface area contributed by atoms with Crippen LogP contribution < -0.4 is 5.73 Å². The molecule has 0 saturated carbocycles. The molecule has 5 N–H and O–H groups in total. The lowest BCUT2D eigenvalue weighted by Gasteiger charge is -2.28. The highest BCUT2D eigenvalue weighted by molar-refractivity contribution is 5.93. The minimum atomic E-state index is -1.69. The van der Waals surface area contributed by atoms with Crippen molar-refractivity contribution >= 4 is 5.78 Å². The highest BCUT2D eigenvalue weighted by atomic mass is 16.3. The van der Waals surface area contributed by atoms with Gasteiger partial charge in [0.25, 0.3) is 0 Å². The van der Waals surface area contributed by atoms with E-state index in [-0.39, 0.29) is 0 Å². The Morgan fingerprint density at radius 2 is 2.00 bits per heavy atom. The first-order chi connectivity index (χ1) is 5.51. The summed E-state index contributed by atoms with van der Waals surface area (Å²) in [6, 6.07) is 0. The molecule has 1 unspecified atom stereocenters. The summed E-state index contributed by atoms with van der Waals surface area (Å²) >= 11 is 0. The number of nitrogens with two attached hydrogens (primary N) is 1. The third-order valence-electron chi connectivity index (χ3n) is 1.60. The van der Waals surface area contributed by atoms with E-state index < -0.39 is 30.6 Å². The summed E-state index contributed by atoms with van der Waals surface area (Å²) in [5.41, 5.74) is 3.61. The first-order valence-electron chi connectivity index (χ1n) is 3.36. The van der Waals surface area contributed by atoms with Gasteiger partial charge in [0.2, 0.25) is 0 Å². The van der Waals surface area contributed by atoms with Crippen LogP contribution in [0.4, 0.5) is 0 Å². The molecule has 0 amide bonds. The number of aliphatic hydroxyl groups is 3. The molecule has 1 atom stereocenters. The smallest absolute Gasteiger partial charge is 0.185 e. The van der Waals surface area contributed by atoms with Crippen LogP contribution in [0.25, 0.3) is 0 Å². The summed E-state index contributed by atoms with van der Waals surface area (Å²) in [7, 11) is 0. The zero-order valence-corrected chi connectivity index (χ0v) is 6.60. The number of rotatable bonds is 5. The molecule has 5 heteroatoms. The molecule has 70 valence electrons. The normalized spacial score (nSPS) is 14.0. The molecule has 0 saturated heterocycles. The Balaban J connectivity index is 4.51. The van der Waals surface area contributed by atoms with Gasteiger partial charge in [-0.1, -0.05) is 6.58 Å². The van der Waals surface area contributed by atoms with Crippen molar-refractivity contribution < 1.29 is 20.1 Å². The SMILES string of the molecule is C=CC(=O)C(O)C(N)(CO)CO. The Bertz CT molecular complexity index is 176. The molecule has 0 aromatic heterocycles. The van der Waals surface area contributed by atoms with Gasteiger partial charge >= 0.3 is 0 Å². The maximum absolute atomic E-state index is 10.8. The Labute approximate surface area is 70.1 Å². The predicted molar refractivity (Wildman–Crippen MR) is 42.3 cm³/mol. The summed E-state index contributed by atoms with van der Waals surface area (Å²) in [5.74, 6) is -0.722. The van der Waals surface area contributed by atoms with Gasteiger partial charge in [-0.25, -0.2) is 0 Å². The van der Waals surface area contributed by atoms with Crippen LogP contribution in [0.5, 0.6) is 0 Å². The Morgan fingerprint density at radius 1 is 1.58 bits per heavy atom. The maximum Gasteiger partial charge on any atom is 0.185 e. The lowest BCUT2D eigenvalue weighted by Crippen LogP contribution is -2.59. The van der Waals surface area contributed by atoms with Gasteiger partial charge < -0.3 is 21.1 Å². The average molecular weight is 175 g/mol. The maximum atomic E-state index is 10.8. The van der Waals surface area contributed by atoms with Crippen LogP contribution in [0, 0.1) is 0 Å². The molecule has 0 aromatic carbocycles. The monoisotopic (exact) mass is 175 g/mol. The molecule has 0 aromatic rings. The van der Waals surface area contributed by atoms with Crippen LogP contribution >= 0.6 is 0 Å². The number of hydrogen-bond acceptors (Lipinski definition) is 5. The minimum absolute atomic E-state index is 0.676. The zero-order valence-electron chi connectivity index (χ0n) is 6.60. The van der Waals surface area contributed by atoms with Crippen LogP contribution in [0.15, 0.2) is 12.7 Å². The van der Waals surface area contributed by atoms with E-state index in [1.54, 1.807) is 0 Å². The molecular weight excluding hydrogens is 162 g/mol. The fraction of sp³-hybridized carbons (Fsp3) is 0.571. The molecule has 0 heterocycles. The van der Waals surface area contributed by atoms with Crippen LogP contribution in [0.3, 0.4) is 0 Å². The summed E-state index contributed by atoms with van der Waals surface area (Å²) in [4.78, 5) is 10.8. The molecule has 0 spiro atoms. The molecular formula is C7H13NO4. The van der Waals surface area contributed by atoms with E-state index in [0.717, 1.165) is 6.08 Å². The second-order valence-corrected chi connectivity index (χ2v) is 2.56. The Morgan fingerprint density at radius 3 is 2.25 bits per heavy atom. The number of carbonyl (C=O) groups excluding carboxylic acids is 1. The van der Waals surface area contributed by atoms with Crippen molar-refractivity contribution in [2.75, 3.05) is 13.2 Å². The quantitative estimate of drug-likeness (QED) is 0.354. The molecule has 0 aliphatic rings. The van der Waals surface area contributed by atoms with Gasteiger partial charge in [0.15, 0.2) is 5.78 Å². The molecule has 0 bridgehead atoms. The van der Waals surface area contributed by atoms with Gasteiger partial charge in [-0.15, -0.1) is 0 Å². The van der Waals surface area contributed by atoms with Gasteiger partial charge in [0.1, 0.15) is 6.10 Å². The first kappa shape index (κ1) is 11.2. The molecule has 5 nitrogen and oxygen atoms in total. The fourth-order valence-corrected chi connectivity index (χ4v) is 0.618. The van der Waals surface area contributed by atoms with Gasteiger partial charge in [-0.05, 0) is 6.08 Å². The third-order valence-corrected chi connectivity index (χ3v) is 1.60. The van der Waals surface area contributed by atoms with Gasteiger partial charge in [-0.2, -0.15) is 0 Å². The average Bonchev–Trinajstić information content (AvgIpc) is 2.14. The largest absolute Gasteiger partial charge is 0.394 e. The lowest BCUT2D eigenvalue weighted by atomic mass is 9.92. The van der Waals surface area contributed by atoms with Crippen LogP contribution in [-0.4, -0.2) is 46.0 Å². The molecule has 0 rings (SSSR count). The van der Waals surface area contributed by atoms with Crippen molar-refractivity contribution in [3.8, 4) is 0 Å². The first-order valence-corrected chi connectivity index (χ1v) is 3.36. The summed E-state index contributed by atoms with van der Waals surface area (Å²) in [6.07, 6.45) is -0.734. The number of ketones is 1. The number of carbonyl (C=O) groups is 1. The van der Waals surface area contributed by atoms with Gasteiger partial charge in [0, 0.05) is 0 Å². The standard InChI is InChI=1S/C7H13NO4/c1-2-5(11)6(12)7(8,3-9)4-10/h2,6,9-10,12H,1,3-4,8H2. The van der Waals surface area contributed by atoms with Crippen molar-refractivity contribution in [3.05, 3.63) is 12.7 Å². The number of hydrogen-bond donors (Lipinski definition) is 4. The van der Waals surface area contributed by atoms with Crippen molar-refractivity contribution in [2.24, 2.45) is 5.73 Å².